The molecular formula is C12H14F2N2OS. The van der Waals surface area contributed by atoms with E-state index in [-0.39, 0.29) is 11.3 Å². The summed E-state index contributed by atoms with van der Waals surface area (Å²) in [7, 11) is 0. The maximum Gasteiger partial charge on any atom is 0.387 e. The second-order valence-corrected chi connectivity index (χ2v) is 5.48. The Morgan fingerprint density at radius 1 is 1.39 bits per heavy atom. The lowest BCUT2D eigenvalue weighted by Crippen LogP contribution is -2.15. The highest BCUT2D eigenvalue weighted by molar-refractivity contribution is 8.14. The minimum absolute atomic E-state index is 0.120. The Balaban J connectivity index is 2.14. The fourth-order valence-corrected chi connectivity index (χ4v) is 2.58. The van der Waals surface area contributed by atoms with Crippen molar-refractivity contribution in [1.29, 1.82) is 0 Å². The van der Waals surface area contributed by atoms with Gasteiger partial charge in [0.05, 0.1) is 11.2 Å². The van der Waals surface area contributed by atoms with Crippen LogP contribution in [0.3, 0.4) is 0 Å². The van der Waals surface area contributed by atoms with Crippen molar-refractivity contribution in [3.05, 3.63) is 24.3 Å². The summed E-state index contributed by atoms with van der Waals surface area (Å²) in [6, 6.07) is 6.59. The van der Waals surface area contributed by atoms with Crippen LogP contribution in [0.15, 0.2) is 29.3 Å². The van der Waals surface area contributed by atoms with Gasteiger partial charge in [0, 0.05) is 5.75 Å². The van der Waals surface area contributed by atoms with Gasteiger partial charge in [-0.05, 0) is 26.0 Å². The molecule has 0 saturated carbocycles. The van der Waals surface area contributed by atoms with Crippen LogP contribution in [0.25, 0.3) is 0 Å². The van der Waals surface area contributed by atoms with Crippen LogP contribution in [0, 0.1) is 0 Å². The van der Waals surface area contributed by atoms with Gasteiger partial charge < -0.3 is 10.1 Å². The molecule has 0 spiro atoms. The molecule has 1 heterocycles. The molecule has 6 heteroatoms. The SMILES string of the molecule is CC1(C)CSC(Nc2ccccc2OC(F)F)=N1. The molecule has 2 rings (SSSR count). The Labute approximate surface area is 109 Å². The summed E-state index contributed by atoms with van der Waals surface area (Å²) in [5, 5.41) is 3.75. The molecule has 0 unspecified atom stereocenters. The summed E-state index contributed by atoms with van der Waals surface area (Å²) in [5.74, 6) is 0.994. The lowest BCUT2D eigenvalue weighted by atomic mass is 10.1. The van der Waals surface area contributed by atoms with Crippen molar-refractivity contribution in [1.82, 2.24) is 0 Å². The third-order valence-electron chi connectivity index (χ3n) is 2.31. The van der Waals surface area contributed by atoms with Crippen LogP contribution in [-0.4, -0.2) is 23.1 Å². The van der Waals surface area contributed by atoms with Crippen molar-refractivity contribution in [3.8, 4) is 5.75 Å². The van der Waals surface area contributed by atoms with Crippen molar-refractivity contribution < 1.29 is 13.5 Å². The van der Waals surface area contributed by atoms with E-state index >= 15 is 0 Å². The van der Waals surface area contributed by atoms with Gasteiger partial charge in [-0.1, -0.05) is 23.9 Å². The number of thioether (sulfide) groups is 1. The summed E-state index contributed by atoms with van der Waals surface area (Å²) < 4.78 is 29.0. The fourth-order valence-electron chi connectivity index (χ4n) is 1.53. The molecule has 0 aliphatic carbocycles. The largest absolute Gasteiger partial charge is 0.433 e. The maximum atomic E-state index is 12.3. The van der Waals surface area contributed by atoms with Gasteiger partial charge in [-0.25, -0.2) is 0 Å². The van der Waals surface area contributed by atoms with Crippen molar-refractivity contribution in [2.45, 2.75) is 26.0 Å². The van der Waals surface area contributed by atoms with Crippen molar-refractivity contribution in [3.63, 3.8) is 0 Å². The highest BCUT2D eigenvalue weighted by atomic mass is 32.2. The molecule has 0 radical (unpaired) electrons. The third-order valence-corrected chi connectivity index (χ3v) is 3.63. The number of anilines is 1. The van der Waals surface area contributed by atoms with Crippen LogP contribution in [0.2, 0.25) is 0 Å². The number of rotatable bonds is 3. The summed E-state index contributed by atoms with van der Waals surface area (Å²) in [6.45, 7) is 1.22. The van der Waals surface area contributed by atoms with E-state index in [1.165, 1.54) is 6.07 Å². The number of amidine groups is 1. The van der Waals surface area contributed by atoms with Gasteiger partial charge in [-0.3, -0.25) is 4.99 Å². The highest BCUT2D eigenvalue weighted by Gasteiger charge is 2.25. The molecule has 0 bridgehead atoms. The molecular weight excluding hydrogens is 258 g/mol. The predicted molar refractivity (Wildman–Crippen MR) is 70.7 cm³/mol. The standard InChI is InChI=1S/C12H14F2N2OS/c1-12(2)7-18-11(16-12)15-8-5-3-4-6-9(8)17-10(13)14/h3-6,10H,7H2,1-2H3,(H,15,16). The number of aliphatic imine (C=N–C) groups is 1. The first kappa shape index (κ1) is 13.1. The zero-order valence-electron chi connectivity index (χ0n) is 10.1. The zero-order chi connectivity index (χ0) is 13.2. The van der Waals surface area contributed by atoms with Crippen LogP contribution in [0.5, 0.6) is 5.75 Å². The number of alkyl halides is 2. The molecule has 1 aliphatic heterocycles. The van der Waals surface area contributed by atoms with E-state index in [9.17, 15) is 8.78 Å². The number of benzene rings is 1. The van der Waals surface area contributed by atoms with Gasteiger partial charge in [0.2, 0.25) is 0 Å². The van der Waals surface area contributed by atoms with Crippen molar-refractivity contribution >= 4 is 22.6 Å². The number of ether oxygens (including phenoxy) is 1. The number of nitrogens with one attached hydrogen (secondary N) is 1. The van der Waals surface area contributed by atoms with Crippen LogP contribution < -0.4 is 10.1 Å². The Bertz CT molecular complexity index is 463. The third kappa shape index (κ3) is 3.35. The number of hydrogen-bond donors (Lipinski definition) is 1. The Morgan fingerprint density at radius 3 is 2.72 bits per heavy atom. The van der Waals surface area contributed by atoms with Gasteiger partial charge in [0.25, 0.3) is 0 Å². The minimum atomic E-state index is -2.83. The van der Waals surface area contributed by atoms with E-state index < -0.39 is 6.61 Å². The Kier molecular flexibility index (Phi) is 3.75. The fraction of sp³-hybridized carbons (Fsp3) is 0.417. The van der Waals surface area contributed by atoms with Gasteiger partial charge in [0.1, 0.15) is 5.75 Å². The van der Waals surface area contributed by atoms with Crippen LogP contribution in [0.1, 0.15) is 13.8 Å². The van der Waals surface area contributed by atoms with E-state index in [2.05, 4.69) is 15.0 Å². The van der Waals surface area contributed by atoms with Crippen molar-refractivity contribution in [2.24, 2.45) is 4.99 Å². The topological polar surface area (TPSA) is 33.6 Å². The number of hydrogen-bond acceptors (Lipinski definition) is 4. The average molecular weight is 272 g/mol. The van der Waals surface area contributed by atoms with Crippen LogP contribution in [0.4, 0.5) is 14.5 Å². The summed E-state index contributed by atoms with van der Waals surface area (Å²) in [4.78, 5) is 4.46. The first-order valence-electron chi connectivity index (χ1n) is 5.50. The van der Waals surface area contributed by atoms with Crippen molar-refractivity contribution in [2.75, 3.05) is 11.1 Å². The van der Waals surface area contributed by atoms with Gasteiger partial charge in [-0.15, -0.1) is 0 Å². The van der Waals surface area contributed by atoms with Gasteiger partial charge in [-0.2, -0.15) is 8.78 Å². The molecule has 1 aromatic rings. The second-order valence-electron chi connectivity index (χ2n) is 4.52. The first-order chi connectivity index (χ1) is 8.46. The highest BCUT2D eigenvalue weighted by Crippen LogP contribution is 2.31. The second kappa shape index (κ2) is 5.14. The molecule has 1 N–H and O–H groups in total. The molecule has 1 aromatic carbocycles. The summed E-state index contributed by atoms with van der Waals surface area (Å²) in [5.41, 5.74) is 0.382. The molecule has 0 fully saturated rings. The smallest absolute Gasteiger partial charge is 0.387 e. The molecule has 0 saturated heterocycles. The van der Waals surface area contributed by atoms with E-state index in [0.717, 1.165) is 10.9 Å². The number of para-hydroxylation sites is 2. The zero-order valence-corrected chi connectivity index (χ0v) is 10.9. The summed E-state index contributed by atoms with van der Waals surface area (Å²) >= 11 is 1.57. The molecule has 98 valence electrons. The summed E-state index contributed by atoms with van der Waals surface area (Å²) in [6.07, 6.45) is 0. The van der Waals surface area contributed by atoms with Gasteiger partial charge >= 0.3 is 6.61 Å². The van der Waals surface area contributed by atoms with E-state index in [0.29, 0.717) is 5.69 Å². The maximum absolute atomic E-state index is 12.3. The van der Waals surface area contributed by atoms with E-state index in [1.54, 1.807) is 30.0 Å². The van der Waals surface area contributed by atoms with E-state index in [1.807, 2.05) is 13.8 Å². The van der Waals surface area contributed by atoms with Gasteiger partial charge in [0.15, 0.2) is 5.17 Å². The molecule has 18 heavy (non-hydrogen) atoms. The normalized spacial score (nSPS) is 17.7. The Hall–Kier alpha value is -1.30. The lowest BCUT2D eigenvalue weighted by molar-refractivity contribution is -0.0493. The number of nitrogens with zero attached hydrogens (tertiary/aromatic N) is 1. The molecule has 0 atom stereocenters. The average Bonchev–Trinajstić information content (AvgIpc) is 2.60. The van der Waals surface area contributed by atoms with Crippen LogP contribution >= 0.6 is 11.8 Å². The van der Waals surface area contributed by atoms with Crippen LogP contribution in [-0.2, 0) is 0 Å². The quantitative estimate of drug-likeness (QED) is 0.913. The van der Waals surface area contributed by atoms with E-state index in [4.69, 9.17) is 0 Å². The molecule has 3 nitrogen and oxygen atoms in total. The minimum Gasteiger partial charge on any atom is -0.433 e. The lowest BCUT2D eigenvalue weighted by Gasteiger charge is -2.12. The molecule has 0 aromatic heterocycles. The molecule has 0 amide bonds. The molecule has 1 aliphatic rings. The number of halogens is 2. The first-order valence-corrected chi connectivity index (χ1v) is 6.48. The predicted octanol–water partition coefficient (Wildman–Crippen LogP) is 3.58. The monoisotopic (exact) mass is 272 g/mol. The Morgan fingerprint density at radius 2 is 2.11 bits per heavy atom.